The number of carbonyl (C=O) groups excluding carboxylic acids is 1. The lowest BCUT2D eigenvalue weighted by atomic mass is 10.1. The van der Waals surface area contributed by atoms with Crippen LogP contribution >= 0.6 is 0 Å². The van der Waals surface area contributed by atoms with Crippen molar-refractivity contribution in [1.29, 1.82) is 0 Å². The van der Waals surface area contributed by atoms with Gasteiger partial charge in [0.05, 0.1) is 0 Å². The molecule has 98 valence electrons. The Labute approximate surface area is 117 Å². The number of ether oxygens (including phenoxy) is 1. The van der Waals surface area contributed by atoms with Crippen molar-refractivity contribution in [3.63, 3.8) is 0 Å². The quantitative estimate of drug-likeness (QED) is 0.664. The highest BCUT2D eigenvalue weighted by atomic mass is 16.5. The maximum atomic E-state index is 11.7. The summed E-state index contributed by atoms with van der Waals surface area (Å²) in [5, 5.41) is 5.52. The highest BCUT2D eigenvalue weighted by Crippen LogP contribution is 2.10. The van der Waals surface area contributed by atoms with E-state index in [1.54, 1.807) is 0 Å². The third kappa shape index (κ3) is 2.65. The number of carbonyl (C=O) groups is 1. The zero-order valence-corrected chi connectivity index (χ0v) is 10.8. The van der Waals surface area contributed by atoms with Gasteiger partial charge in [-0.1, -0.05) is 35.8 Å². The first-order valence-corrected chi connectivity index (χ1v) is 6.40. The molecule has 2 bridgehead atoms. The van der Waals surface area contributed by atoms with E-state index in [1.165, 1.54) is 5.01 Å². The van der Waals surface area contributed by atoms with E-state index >= 15 is 0 Å². The van der Waals surface area contributed by atoms with Gasteiger partial charge in [0.25, 0.3) is 0 Å². The Kier molecular flexibility index (Phi) is 3.39. The van der Waals surface area contributed by atoms with Crippen molar-refractivity contribution in [2.75, 3.05) is 13.2 Å². The number of nitrogens with zero attached hydrogens (tertiary/aromatic N) is 2. The zero-order valence-electron chi connectivity index (χ0n) is 10.8. The van der Waals surface area contributed by atoms with Gasteiger partial charge in [-0.15, -0.1) is 5.10 Å². The summed E-state index contributed by atoms with van der Waals surface area (Å²) in [6, 6.07) is 7.68. The van der Waals surface area contributed by atoms with Crippen LogP contribution in [0.2, 0.25) is 0 Å². The van der Waals surface area contributed by atoms with Gasteiger partial charge in [0.15, 0.2) is 6.61 Å². The van der Waals surface area contributed by atoms with Crippen molar-refractivity contribution >= 4 is 11.8 Å². The lowest BCUT2D eigenvalue weighted by Gasteiger charge is -2.21. The number of amides is 1. The molecule has 1 aromatic carbocycles. The average Bonchev–Trinajstić information content (AvgIpc) is 2.46. The Balaban J connectivity index is 1.96. The largest absolute Gasteiger partial charge is 0.466 e. The Morgan fingerprint density at radius 1 is 1.10 bits per heavy atom. The van der Waals surface area contributed by atoms with Crippen LogP contribution in [0.25, 0.3) is 0 Å². The molecule has 0 aromatic heterocycles. The lowest BCUT2D eigenvalue weighted by molar-refractivity contribution is -0.131. The van der Waals surface area contributed by atoms with Crippen LogP contribution < -0.4 is 0 Å². The van der Waals surface area contributed by atoms with Gasteiger partial charge in [-0.25, -0.2) is 5.01 Å². The molecule has 3 rings (SSSR count). The molecular weight excluding hydrogens is 252 g/mol. The highest BCUT2D eigenvalue weighted by Gasteiger charge is 2.20. The van der Waals surface area contributed by atoms with E-state index in [9.17, 15) is 4.79 Å². The molecule has 0 atom stereocenters. The molecule has 0 N–H and O–H groups in total. The van der Waals surface area contributed by atoms with E-state index in [-0.39, 0.29) is 19.1 Å². The first-order valence-electron chi connectivity index (χ1n) is 6.40. The molecule has 20 heavy (non-hydrogen) atoms. The van der Waals surface area contributed by atoms with Crippen molar-refractivity contribution in [1.82, 2.24) is 5.01 Å². The molecule has 0 radical (unpaired) electrons. The molecule has 4 nitrogen and oxygen atoms in total. The van der Waals surface area contributed by atoms with E-state index < -0.39 is 0 Å². The smallest absolute Gasteiger partial charge is 0.244 e. The van der Waals surface area contributed by atoms with Gasteiger partial charge in [-0.3, -0.25) is 4.79 Å². The molecule has 2 aliphatic heterocycles. The van der Waals surface area contributed by atoms with Crippen molar-refractivity contribution in [3.05, 3.63) is 35.4 Å². The summed E-state index contributed by atoms with van der Waals surface area (Å²) in [6.07, 6.45) is 0.936. The van der Waals surface area contributed by atoms with Gasteiger partial charge in [0.1, 0.15) is 6.54 Å². The molecule has 0 fully saturated rings. The van der Waals surface area contributed by atoms with Crippen molar-refractivity contribution in [2.24, 2.45) is 5.10 Å². The molecule has 2 heterocycles. The van der Waals surface area contributed by atoms with Gasteiger partial charge in [-0.05, 0) is 12.1 Å². The first kappa shape index (κ1) is 12.3. The van der Waals surface area contributed by atoms with Crippen LogP contribution in [0.5, 0.6) is 0 Å². The fourth-order valence-electron chi connectivity index (χ4n) is 1.97. The summed E-state index contributed by atoms with van der Waals surface area (Å²) >= 11 is 0. The minimum atomic E-state index is -0.0249. The molecule has 0 saturated heterocycles. The van der Waals surface area contributed by atoms with Gasteiger partial charge in [0, 0.05) is 24.0 Å². The number of hydrogen-bond acceptors (Lipinski definition) is 3. The van der Waals surface area contributed by atoms with E-state index in [1.807, 2.05) is 24.3 Å². The Morgan fingerprint density at radius 3 is 2.65 bits per heavy atom. The van der Waals surface area contributed by atoms with E-state index in [0.717, 1.165) is 11.1 Å². The van der Waals surface area contributed by atoms with Crippen molar-refractivity contribution in [3.8, 4) is 23.7 Å². The van der Waals surface area contributed by atoms with Crippen LogP contribution in [0.15, 0.2) is 29.4 Å². The minimum Gasteiger partial charge on any atom is -0.466 e. The fraction of sp³-hybridized carbons (Fsp3) is 0.250. The lowest BCUT2D eigenvalue weighted by Crippen LogP contribution is -2.32. The summed E-state index contributed by atoms with van der Waals surface area (Å²) in [4.78, 5) is 11.7. The van der Waals surface area contributed by atoms with Crippen LogP contribution in [-0.2, 0) is 9.53 Å². The molecular formula is C16H12N2O2. The summed E-state index contributed by atoms with van der Waals surface area (Å²) in [5.74, 6) is 12.5. The summed E-state index contributed by atoms with van der Waals surface area (Å²) in [5.41, 5.74) is 1.73. The molecule has 0 saturated carbocycles. The van der Waals surface area contributed by atoms with Crippen molar-refractivity contribution in [2.45, 2.75) is 12.8 Å². The van der Waals surface area contributed by atoms with E-state index in [4.69, 9.17) is 4.74 Å². The van der Waals surface area contributed by atoms with Crippen LogP contribution in [0.1, 0.15) is 24.0 Å². The normalized spacial score (nSPS) is 16.9. The fourth-order valence-corrected chi connectivity index (χ4v) is 1.97. The van der Waals surface area contributed by atoms with Crippen LogP contribution in [0, 0.1) is 23.7 Å². The van der Waals surface area contributed by atoms with Gasteiger partial charge in [-0.2, -0.15) is 0 Å². The maximum Gasteiger partial charge on any atom is 0.244 e. The zero-order chi connectivity index (χ0) is 13.8. The van der Waals surface area contributed by atoms with Crippen molar-refractivity contribution < 1.29 is 9.53 Å². The predicted molar refractivity (Wildman–Crippen MR) is 74.5 cm³/mol. The second kappa shape index (κ2) is 5.50. The third-order valence-electron chi connectivity index (χ3n) is 2.99. The predicted octanol–water partition coefficient (Wildman–Crippen LogP) is 1.36. The molecule has 4 heteroatoms. The Hall–Kier alpha value is -2.72. The maximum absolute atomic E-state index is 11.7. The monoisotopic (exact) mass is 264 g/mol. The summed E-state index contributed by atoms with van der Waals surface area (Å²) in [7, 11) is 0. The van der Waals surface area contributed by atoms with Crippen LogP contribution in [0.3, 0.4) is 0 Å². The molecule has 0 unspecified atom stereocenters. The van der Waals surface area contributed by atoms with Gasteiger partial charge in [0.2, 0.25) is 11.8 Å². The third-order valence-corrected chi connectivity index (χ3v) is 2.99. The molecule has 2 aliphatic rings. The molecule has 0 aliphatic carbocycles. The van der Waals surface area contributed by atoms with E-state index in [2.05, 4.69) is 28.8 Å². The average molecular weight is 264 g/mol. The Morgan fingerprint density at radius 2 is 1.85 bits per heavy atom. The molecule has 1 aromatic rings. The van der Waals surface area contributed by atoms with E-state index in [0.29, 0.717) is 18.7 Å². The van der Waals surface area contributed by atoms with Crippen LogP contribution in [0.4, 0.5) is 0 Å². The number of hydrazone groups is 1. The SMILES string of the molecule is O=C1CCC2=NN1CC#Cc1ccccc1C#CCO2. The number of rotatable bonds is 0. The number of benzene rings is 1. The van der Waals surface area contributed by atoms with Crippen LogP contribution in [-0.4, -0.2) is 30.0 Å². The first-order chi connectivity index (χ1) is 9.83. The minimum absolute atomic E-state index is 0.0249. The van der Waals surface area contributed by atoms with Gasteiger partial charge >= 0.3 is 0 Å². The topological polar surface area (TPSA) is 41.9 Å². The summed E-state index contributed by atoms with van der Waals surface area (Å²) in [6.45, 7) is 0.538. The second-order valence-corrected chi connectivity index (χ2v) is 4.38. The molecule has 0 spiro atoms. The Bertz CT molecular complexity index is 698. The standard InChI is InChI=1S/C16H12N2O2/c19-16-10-9-15-17-18(16)11-3-7-13-5-1-2-6-14(13)8-4-12-20-15/h1-2,5-6H,9-12H2. The highest BCUT2D eigenvalue weighted by molar-refractivity contribution is 5.88. The number of fused-ring (bicyclic) bond motifs is 2. The second-order valence-electron chi connectivity index (χ2n) is 4.38. The summed E-state index contributed by atoms with van der Waals surface area (Å²) < 4.78 is 5.48. The van der Waals surface area contributed by atoms with Gasteiger partial charge < -0.3 is 4.74 Å². The molecule has 1 amide bonds. The number of hydrogen-bond donors (Lipinski definition) is 0.